The minimum Gasteiger partial charge on any atom is -0.452 e. The number of fused-ring (bicyclic) bond motifs is 1. The molecule has 7 nitrogen and oxygen atoms in total. The molecule has 30 heavy (non-hydrogen) atoms. The number of benzene rings is 3. The van der Waals surface area contributed by atoms with E-state index in [9.17, 15) is 18.0 Å². The minimum atomic E-state index is -4.11. The zero-order valence-corrected chi connectivity index (χ0v) is 17.6. The number of halogens is 1. The Hall–Kier alpha value is -2.94. The number of esters is 1. The SMILES string of the molecule is CCN(C(=O)COC(=O)c1ccc(Cl)c(S(N)(=O)=O)c1)c1cccc2ccccc12. The molecule has 3 aromatic rings. The molecule has 0 unspecified atom stereocenters. The Bertz CT molecular complexity index is 1220. The van der Waals surface area contributed by atoms with E-state index < -0.39 is 33.4 Å². The van der Waals surface area contributed by atoms with Crippen LogP contribution in [0.25, 0.3) is 10.8 Å². The maximum Gasteiger partial charge on any atom is 0.338 e. The molecule has 0 bridgehead atoms. The summed E-state index contributed by atoms with van der Waals surface area (Å²) in [5, 5.41) is 6.86. The van der Waals surface area contributed by atoms with Crippen molar-refractivity contribution in [1.29, 1.82) is 0 Å². The van der Waals surface area contributed by atoms with Gasteiger partial charge in [-0.3, -0.25) is 4.79 Å². The van der Waals surface area contributed by atoms with Gasteiger partial charge in [-0.2, -0.15) is 0 Å². The highest BCUT2D eigenvalue weighted by Crippen LogP contribution is 2.27. The van der Waals surface area contributed by atoms with Gasteiger partial charge >= 0.3 is 5.97 Å². The standard InChI is InChI=1S/C21H19ClN2O5S/c1-2-24(18-9-5-7-14-6-3-4-8-16(14)18)20(25)13-29-21(26)15-10-11-17(22)19(12-15)30(23,27)28/h3-12H,2,13H2,1H3,(H2,23,27,28). The lowest BCUT2D eigenvalue weighted by molar-refractivity contribution is -0.121. The lowest BCUT2D eigenvalue weighted by Crippen LogP contribution is -2.34. The van der Waals surface area contributed by atoms with Crippen LogP contribution < -0.4 is 10.0 Å². The van der Waals surface area contributed by atoms with Crippen molar-refractivity contribution in [3.05, 3.63) is 71.2 Å². The van der Waals surface area contributed by atoms with Gasteiger partial charge in [0.1, 0.15) is 4.90 Å². The Morgan fingerprint density at radius 3 is 2.47 bits per heavy atom. The topological polar surface area (TPSA) is 107 Å². The molecule has 3 rings (SSSR count). The largest absolute Gasteiger partial charge is 0.452 e. The summed E-state index contributed by atoms with van der Waals surface area (Å²) in [7, 11) is -4.11. The van der Waals surface area contributed by atoms with Crippen molar-refractivity contribution in [2.75, 3.05) is 18.1 Å². The monoisotopic (exact) mass is 446 g/mol. The van der Waals surface area contributed by atoms with Crippen molar-refractivity contribution in [1.82, 2.24) is 0 Å². The van der Waals surface area contributed by atoms with Gasteiger partial charge in [-0.1, -0.05) is 48.0 Å². The van der Waals surface area contributed by atoms with Crippen LogP contribution in [-0.2, 0) is 19.6 Å². The quantitative estimate of drug-likeness (QED) is 0.584. The predicted octanol–water partition coefficient (Wildman–Crippen LogP) is 3.35. The summed E-state index contributed by atoms with van der Waals surface area (Å²) in [5.74, 6) is -1.28. The number of hydrogen-bond donors (Lipinski definition) is 1. The first kappa shape index (κ1) is 21.8. The van der Waals surface area contributed by atoms with Crippen LogP contribution in [0.2, 0.25) is 5.02 Å². The Morgan fingerprint density at radius 1 is 1.07 bits per heavy atom. The van der Waals surface area contributed by atoms with Crippen LogP contribution in [-0.4, -0.2) is 33.4 Å². The van der Waals surface area contributed by atoms with Crippen LogP contribution in [0, 0.1) is 0 Å². The van der Waals surface area contributed by atoms with Gasteiger partial charge in [0.2, 0.25) is 10.0 Å². The number of sulfonamides is 1. The molecule has 3 aromatic carbocycles. The second-order valence-corrected chi connectivity index (χ2v) is 8.34. The summed E-state index contributed by atoms with van der Waals surface area (Å²) < 4.78 is 28.2. The van der Waals surface area contributed by atoms with Gasteiger partial charge < -0.3 is 9.64 Å². The summed E-state index contributed by atoms with van der Waals surface area (Å²) in [4.78, 5) is 26.2. The third-order valence-corrected chi connectivity index (χ3v) is 5.87. The molecule has 0 fully saturated rings. The highest BCUT2D eigenvalue weighted by atomic mass is 35.5. The lowest BCUT2D eigenvalue weighted by Gasteiger charge is -2.22. The second kappa shape index (κ2) is 8.83. The van der Waals surface area contributed by atoms with E-state index in [0.29, 0.717) is 12.2 Å². The maximum absolute atomic E-state index is 12.7. The van der Waals surface area contributed by atoms with E-state index >= 15 is 0 Å². The van der Waals surface area contributed by atoms with Crippen molar-refractivity contribution in [3.8, 4) is 0 Å². The molecule has 0 radical (unpaired) electrons. The molecular formula is C21H19ClN2O5S. The number of carbonyl (C=O) groups is 2. The normalized spacial score (nSPS) is 11.3. The number of hydrogen-bond acceptors (Lipinski definition) is 5. The fraction of sp³-hybridized carbons (Fsp3) is 0.143. The van der Waals surface area contributed by atoms with Crippen molar-refractivity contribution in [2.24, 2.45) is 5.14 Å². The Balaban J connectivity index is 1.78. The fourth-order valence-electron chi connectivity index (χ4n) is 3.06. The molecule has 0 atom stereocenters. The molecule has 0 spiro atoms. The van der Waals surface area contributed by atoms with Gasteiger partial charge in [-0.15, -0.1) is 0 Å². The number of nitrogens with zero attached hydrogens (tertiary/aromatic N) is 1. The number of rotatable bonds is 6. The van der Waals surface area contributed by atoms with Crippen molar-refractivity contribution >= 4 is 50.0 Å². The third-order valence-electron chi connectivity index (χ3n) is 4.47. The fourth-order valence-corrected chi connectivity index (χ4v) is 4.13. The summed E-state index contributed by atoms with van der Waals surface area (Å²) >= 11 is 5.82. The first-order chi connectivity index (χ1) is 14.2. The zero-order valence-electron chi connectivity index (χ0n) is 16.0. The van der Waals surface area contributed by atoms with E-state index in [1.54, 1.807) is 0 Å². The van der Waals surface area contributed by atoms with Crippen LogP contribution in [0.5, 0.6) is 0 Å². The van der Waals surface area contributed by atoms with Crippen LogP contribution in [0.4, 0.5) is 5.69 Å². The van der Waals surface area contributed by atoms with E-state index in [-0.39, 0.29) is 10.6 Å². The third kappa shape index (κ3) is 4.62. The van der Waals surface area contributed by atoms with Crippen molar-refractivity contribution < 1.29 is 22.7 Å². The summed E-state index contributed by atoms with van der Waals surface area (Å²) in [6.45, 7) is 1.68. The number of primary sulfonamides is 1. The van der Waals surface area contributed by atoms with Gasteiger partial charge in [0.25, 0.3) is 5.91 Å². The van der Waals surface area contributed by atoms with Gasteiger partial charge in [0.05, 0.1) is 16.3 Å². The molecule has 0 aliphatic carbocycles. The molecule has 0 saturated heterocycles. The molecule has 0 saturated carbocycles. The summed E-state index contributed by atoms with van der Waals surface area (Å²) in [6, 6.07) is 16.8. The second-order valence-electron chi connectivity index (χ2n) is 6.40. The van der Waals surface area contributed by atoms with Crippen LogP contribution >= 0.6 is 11.6 Å². The lowest BCUT2D eigenvalue weighted by atomic mass is 10.1. The van der Waals surface area contributed by atoms with Gasteiger partial charge in [0, 0.05) is 11.9 Å². The van der Waals surface area contributed by atoms with E-state index in [2.05, 4.69) is 0 Å². The van der Waals surface area contributed by atoms with E-state index in [0.717, 1.165) is 16.8 Å². The molecule has 0 aliphatic heterocycles. The Labute approximate surface area is 179 Å². The molecule has 9 heteroatoms. The minimum absolute atomic E-state index is 0.0792. The van der Waals surface area contributed by atoms with Crippen molar-refractivity contribution in [3.63, 3.8) is 0 Å². The van der Waals surface area contributed by atoms with Crippen LogP contribution in [0.15, 0.2) is 65.6 Å². The molecule has 0 heterocycles. The Morgan fingerprint density at radius 2 is 1.77 bits per heavy atom. The smallest absolute Gasteiger partial charge is 0.338 e. The van der Waals surface area contributed by atoms with Gasteiger partial charge in [0.15, 0.2) is 6.61 Å². The molecule has 1 amide bonds. The van der Waals surface area contributed by atoms with Crippen molar-refractivity contribution in [2.45, 2.75) is 11.8 Å². The first-order valence-corrected chi connectivity index (χ1v) is 10.9. The highest BCUT2D eigenvalue weighted by molar-refractivity contribution is 7.89. The van der Waals surface area contributed by atoms with Crippen LogP contribution in [0.1, 0.15) is 17.3 Å². The van der Waals surface area contributed by atoms with E-state index in [1.807, 2.05) is 49.4 Å². The molecule has 2 N–H and O–H groups in total. The van der Waals surface area contributed by atoms with E-state index in [4.69, 9.17) is 21.5 Å². The summed E-state index contributed by atoms with van der Waals surface area (Å²) in [6.07, 6.45) is 0. The average molecular weight is 447 g/mol. The predicted molar refractivity (Wildman–Crippen MR) is 115 cm³/mol. The summed E-state index contributed by atoms with van der Waals surface area (Å²) in [5.41, 5.74) is 0.629. The molecule has 156 valence electrons. The van der Waals surface area contributed by atoms with E-state index in [1.165, 1.54) is 17.0 Å². The number of anilines is 1. The van der Waals surface area contributed by atoms with Gasteiger partial charge in [-0.25, -0.2) is 18.4 Å². The highest BCUT2D eigenvalue weighted by Gasteiger charge is 2.20. The van der Waals surface area contributed by atoms with Gasteiger partial charge in [-0.05, 0) is 36.6 Å². The number of nitrogens with two attached hydrogens (primary N) is 1. The first-order valence-electron chi connectivity index (χ1n) is 9.00. The zero-order chi connectivity index (χ0) is 21.9. The van der Waals surface area contributed by atoms with Crippen LogP contribution in [0.3, 0.4) is 0 Å². The number of likely N-dealkylation sites (N-methyl/N-ethyl adjacent to an activating group) is 1. The Kier molecular flexibility index (Phi) is 6.40. The number of amides is 1. The number of ether oxygens (including phenoxy) is 1. The average Bonchev–Trinajstić information content (AvgIpc) is 2.72. The maximum atomic E-state index is 12.7. The molecule has 0 aromatic heterocycles. The molecule has 0 aliphatic rings. The number of carbonyl (C=O) groups excluding carboxylic acids is 2. The molecular weight excluding hydrogens is 428 g/mol.